The van der Waals surface area contributed by atoms with Crippen LogP contribution in [0.3, 0.4) is 0 Å². The first-order chi connectivity index (χ1) is 7.09. The minimum atomic E-state index is 0.0774. The molecule has 2 aromatic heterocycles. The number of aromatic nitrogens is 3. The second kappa shape index (κ2) is 3.50. The molecule has 15 heavy (non-hydrogen) atoms. The van der Waals surface area contributed by atoms with E-state index in [1.807, 2.05) is 35.1 Å². The molecule has 0 atom stereocenters. The van der Waals surface area contributed by atoms with Crippen molar-refractivity contribution >= 4 is 0 Å². The number of rotatable bonds is 1. The zero-order valence-electron chi connectivity index (χ0n) is 9.31. The van der Waals surface area contributed by atoms with Crippen LogP contribution in [0.4, 0.5) is 0 Å². The van der Waals surface area contributed by atoms with Gasteiger partial charge in [0.05, 0.1) is 5.69 Å². The molecule has 0 amide bonds. The Hall–Kier alpha value is -1.64. The maximum atomic E-state index is 4.31. The largest absolute Gasteiger partial charge is 0.237 e. The topological polar surface area (TPSA) is 30.7 Å². The van der Waals surface area contributed by atoms with Gasteiger partial charge >= 0.3 is 0 Å². The molecule has 2 aromatic rings. The molecule has 0 fully saturated rings. The number of hydrogen-bond acceptors (Lipinski definition) is 2. The number of hydrogen-bond donors (Lipinski definition) is 0. The average molecular weight is 201 g/mol. The highest BCUT2D eigenvalue weighted by molar-refractivity contribution is 5.26. The van der Waals surface area contributed by atoms with Crippen molar-refractivity contribution in [3.63, 3.8) is 0 Å². The third kappa shape index (κ3) is 1.91. The Balaban J connectivity index is 2.51. The van der Waals surface area contributed by atoms with E-state index in [9.17, 15) is 0 Å². The van der Waals surface area contributed by atoms with E-state index in [1.165, 1.54) is 5.69 Å². The van der Waals surface area contributed by atoms with Crippen LogP contribution in [0.1, 0.15) is 26.5 Å². The van der Waals surface area contributed by atoms with Gasteiger partial charge in [-0.3, -0.25) is 0 Å². The first-order valence-electron chi connectivity index (χ1n) is 5.05. The molecule has 0 aliphatic rings. The van der Waals surface area contributed by atoms with Gasteiger partial charge in [-0.05, 0) is 18.2 Å². The van der Waals surface area contributed by atoms with Crippen LogP contribution in [0.2, 0.25) is 0 Å². The molecule has 2 heterocycles. The predicted octanol–water partition coefficient (Wildman–Crippen LogP) is 2.56. The molecule has 3 nitrogen and oxygen atoms in total. The molecular formula is C12H15N3. The van der Waals surface area contributed by atoms with Crippen LogP contribution in [0.15, 0.2) is 36.7 Å². The Morgan fingerprint density at radius 1 is 1.07 bits per heavy atom. The smallest absolute Gasteiger partial charge is 0.153 e. The summed E-state index contributed by atoms with van der Waals surface area (Å²) in [6.45, 7) is 6.51. The monoisotopic (exact) mass is 201 g/mol. The summed E-state index contributed by atoms with van der Waals surface area (Å²) in [7, 11) is 0. The fraction of sp³-hybridized carbons (Fsp3) is 0.333. The van der Waals surface area contributed by atoms with Gasteiger partial charge in [0.25, 0.3) is 0 Å². The van der Waals surface area contributed by atoms with Crippen molar-refractivity contribution in [3.8, 4) is 5.82 Å². The molecule has 78 valence electrons. The number of pyridine rings is 1. The van der Waals surface area contributed by atoms with Gasteiger partial charge < -0.3 is 0 Å². The van der Waals surface area contributed by atoms with E-state index in [-0.39, 0.29) is 5.41 Å². The minimum absolute atomic E-state index is 0.0774. The molecule has 0 aliphatic carbocycles. The molecule has 0 saturated heterocycles. The quantitative estimate of drug-likeness (QED) is 0.710. The normalized spacial score (nSPS) is 11.7. The van der Waals surface area contributed by atoms with Crippen molar-refractivity contribution in [2.45, 2.75) is 26.2 Å². The standard InChI is InChI=1S/C12H15N3/c1-12(2,3)10-7-9-14-15(10)11-6-4-5-8-13-11/h4-9H,1-3H3. The van der Waals surface area contributed by atoms with E-state index in [2.05, 4.69) is 30.9 Å². The van der Waals surface area contributed by atoms with E-state index in [0.717, 1.165) is 5.82 Å². The van der Waals surface area contributed by atoms with E-state index in [1.54, 1.807) is 6.20 Å². The van der Waals surface area contributed by atoms with Crippen molar-refractivity contribution in [1.29, 1.82) is 0 Å². The Labute approximate surface area is 89.8 Å². The molecule has 0 spiro atoms. The predicted molar refractivity (Wildman–Crippen MR) is 60.1 cm³/mol. The Morgan fingerprint density at radius 2 is 1.87 bits per heavy atom. The third-order valence-electron chi connectivity index (χ3n) is 2.28. The molecule has 0 bridgehead atoms. The summed E-state index contributed by atoms with van der Waals surface area (Å²) in [5.41, 5.74) is 1.25. The summed E-state index contributed by atoms with van der Waals surface area (Å²) in [5, 5.41) is 4.31. The fourth-order valence-corrected chi connectivity index (χ4v) is 1.53. The Kier molecular flexibility index (Phi) is 2.31. The summed E-state index contributed by atoms with van der Waals surface area (Å²) in [6, 6.07) is 7.87. The average Bonchev–Trinajstić information content (AvgIpc) is 2.67. The van der Waals surface area contributed by atoms with Crippen LogP contribution in [0.25, 0.3) is 5.82 Å². The second-order valence-corrected chi connectivity index (χ2v) is 4.57. The van der Waals surface area contributed by atoms with Crippen LogP contribution in [0, 0.1) is 0 Å². The van der Waals surface area contributed by atoms with Crippen LogP contribution in [-0.2, 0) is 5.41 Å². The van der Waals surface area contributed by atoms with Gasteiger partial charge in [-0.15, -0.1) is 0 Å². The lowest BCUT2D eigenvalue weighted by Gasteiger charge is -2.19. The van der Waals surface area contributed by atoms with Crippen molar-refractivity contribution in [2.24, 2.45) is 0 Å². The molecule has 0 aliphatic heterocycles. The zero-order chi connectivity index (χ0) is 10.9. The summed E-state index contributed by atoms with van der Waals surface area (Å²) >= 11 is 0. The lowest BCUT2D eigenvalue weighted by molar-refractivity contribution is 0.541. The van der Waals surface area contributed by atoms with Gasteiger partial charge in [0.2, 0.25) is 0 Å². The second-order valence-electron chi connectivity index (χ2n) is 4.57. The highest BCUT2D eigenvalue weighted by Crippen LogP contribution is 2.23. The van der Waals surface area contributed by atoms with Crippen LogP contribution >= 0.6 is 0 Å². The Bertz CT molecular complexity index is 437. The van der Waals surface area contributed by atoms with Crippen molar-refractivity contribution in [1.82, 2.24) is 14.8 Å². The van der Waals surface area contributed by atoms with Crippen molar-refractivity contribution in [2.75, 3.05) is 0 Å². The van der Waals surface area contributed by atoms with E-state index in [4.69, 9.17) is 0 Å². The highest BCUT2D eigenvalue weighted by atomic mass is 15.3. The molecular weight excluding hydrogens is 186 g/mol. The molecule has 0 aromatic carbocycles. The first-order valence-corrected chi connectivity index (χ1v) is 5.05. The maximum absolute atomic E-state index is 4.31. The van der Waals surface area contributed by atoms with Gasteiger partial charge in [0, 0.05) is 17.8 Å². The lowest BCUT2D eigenvalue weighted by Crippen LogP contribution is -2.17. The fourth-order valence-electron chi connectivity index (χ4n) is 1.53. The van der Waals surface area contributed by atoms with E-state index >= 15 is 0 Å². The van der Waals surface area contributed by atoms with Crippen molar-refractivity contribution < 1.29 is 0 Å². The first kappa shape index (κ1) is 9.90. The highest BCUT2D eigenvalue weighted by Gasteiger charge is 2.19. The molecule has 0 N–H and O–H groups in total. The van der Waals surface area contributed by atoms with Gasteiger partial charge in [0.1, 0.15) is 0 Å². The van der Waals surface area contributed by atoms with Crippen molar-refractivity contribution in [3.05, 3.63) is 42.4 Å². The van der Waals surface area contributed by atoms with E-state index < -0.39 is 0 Å². The summed E-state index contributed by atoms with van der Waals surface area (Å²) in [6.07, 6.45) is 3.60. The molecule has 2 rings (SSSR count). The number of nitrogens with zero attached hydrogens (tertiary/aromatic N) is 3. The summed E-state index contributed by atoms with van der Waals surface area (Å²) in [5.74, 6) is 0.868. The third-order valence-corrected chi connectivity index (χ3v) is 2.28. The molecule has 0 unspecified atom stereocenters. The SMILES string of the molecule is CC(C)(C)c1ccnn1-c1ccccn1. The molecule has 0 radical (unpaired) electrons. The molecule has 3 heteroatoms. The van der Waals surface area contributed by atoms with Gasteiger partial charge in [-0.2, -0.15) is 5.10 Å². The van der Waals surface area contributed by atoms with Gasteiger partial charge in [-0.1, -0.05) is 26.8 Å². The van der Waals surface area contributed by atoms with Crippen LogP contribution < -0.4 is 0 Å². The van der Waals surface area contributed by atoms with Gasteiger partial charge in [0.15, 0.2) is 5.82 Å². The van der Waals surface area contributed by atoms with Gasteiger partial charge in [-0.25, -0.2) is 9.67 Å². The van der Waals surface area contributed by atoms with Crippen LogP contribution in [0.5, 0.6) is 0 Å². The minimum Gasteiger partial charge on any atom is -0.237 e. The maximum Gasteiger partial charge on any atom is 0.153 e. The van der Waals surface area contributed by atoms with Crippen LogP contribution in [-0.4, -0.2) is 14.8 Å². The van der Waals surface area contributed by atoms with E-state index in [0.29, 0.717) is 0 Å². The summed E-state index contributed by atoms with van der Waals surface area (Å²) < 4.78 is 1.89. The molecule has 0 saturated carbocycles. The summed E-state index contributed by atoms with van der Waals surface area (Å²) in [4.78, 5) is 4.30. The lowest BCUT2D eigenvalue weighted by atomic mass is 9.92. The Morgan fingerprint density at radius 3 is 2.47 bits per heavy atom. The zero-order valence-corrected chi connectivity index (χ0v) is 9.31.